The minimum atomic E-state index is 0.942. The molecule has 0 aromatic heterocycles. The maximum Gasteiger partial charge on any atom is 0.0399 e. The monoisotopic (exact) mass is 91.0 g/mol. The van der Waals surface area contributed by atoms with Gasteiger partial charge in [0.2, 0.25) is 0 Å². The van der Waals surface area contributed by atoms with E-state index in [1.807, 2.05) is 12.1 Å². The second-order valence-corrected chi connectivity index (χ2v) is 1.80. The van der Waals surface area contributed by atoms with Crippen LogP contribution >= 0.6 is 0 Å². The Labute approximate surface area is 41.1 Å². The van der Waals surface area contributed by atoms with E-state index in [0.29, 0.717) is 0 Å². The Morgan fingerprint density at radius 3 is 2.14 bits per heavy atom. The van der Waals surface area contributed by atoms with Crippen molar-refractivity contribution in [2.75, 3.05) is 5.73 Å². The Hall–Kier alpha value is -0.980. The van der Waals surface area contributed by atoms with Gasteiger partial charge in [0, 0.05) is 10.9 Å². The van der Waals surface area contributed by atoms with Gasteiger partial charge in [0.15, 0.2) is 0 Å². The van der Waals surface area contributed by atoms with Crippen molar-refractivity contribution < 1.29 is 0 Å². The first-order valence-electron chi connectivity index (χ1n) is 2.28. The van der Waals surface area contributed by atoms with Gasteiger partial charge in [-0.05, 0) is 11.3 Å². The molecule has 2 rings (SSSR count). The molecule has 0 aromatic carbocycles. The van der Waals surface area contributed by atoms with Gasteiger partial charge in [-0.1, -0.05) is 12.1 Å². The van der Waals surface area contributed by atoms with E-state index in [-0.39, 0.29) is 0 Å². The lowest BCUT2D eigenvalue weighted by Gasteiger charge is -2.03. The van der Waals surface area contributed by atoms with Crippen LogP contribution in [-0.2, 0) is 0 Å². The van der Waals surface area contributed by atoms with E-state index in [9.17, 15) is 0 Å². The molecule has 0 radical (unpaired) electrons. The molecule has 0 spiro atoms. The van der Waals surface area contributed by atoms with Crippen molar-refractivity contribution in [2.45, 2.75) is 0 Å². The molecular weight excluding hydrogens is 86.1 g/mol. The maximum atomic E-state index is 5.42. The third-order valence-electron chi connectivity index (χ3n) is 1.36. The summed E-state index contributed by atoms with van der Waals surface area (Å²) in [4.78, 5) is 0. The highest BCUT2D eigenvalue weighted by molar-refractivity contribution is 5.49. The van der Waals surface area contributed by atoms with E-state index in [4.69, 9.17) is 5.73 Å². The van der Waals surface area contributed by atoms with E-state index in [1.165, 1.54) is 10.4 Å². The van der Waals surface area contributed by atoms with Crippen molar-refractivity contribution >= 4 is 5.69 Å². The van der Waals surface area contributed by atoms with Gasteiger partial charge < -0.3 is 5.73 Å². The highest BCUT2D eigenvalue weighted by Gasteiger charge is 1.98. The summed E-state index contributed by atoms with van der Waals surface area (Å²) in [6, 6.07) is 6.08. The van der Waals surface area contributed by atoms with E-state index < -0.39 is 0 Å². The summed E-state index contributed by atoms with van der Waals surface area (Å²) in [5.74, 6) is 0. The SMILES string of the molecule is Nc1cc2ccc1=2. The second-order valence-electron chi connectivity index (χ2n) is 1.80. The van der Waals surface area contributed by atoms with Crippen molar-refractivity contribution in [3.8, 4) is 0 Å². The van der Waals surface area contributed by atoms with Gasteiger partial charge in [0.05, 0.1) is 0 Å². The molecule has 1 nitrogen and oxygen atoms in total. The van der Waals surface area contributed by atoms with Crippen LogP contribution in [0.3, 0.4) is 0 Å². The topological polar surface area (TPSA) is 26.0 Å². The summed E-state index contributed by atoms with van der Waals surface area (Å²) >= 11 is 0. The molecule has 1 heteroatoms. The maximum absolute atomic E-state index is 5.42. The largest absolute Gasteiger partial charge is 0.398 e. The molecular formula is C6H5N. The van der Waals surface area contributed by atoms with Gasteiger partial charge in [-0.15, -0.1) is 0 Å². The van der Waals surface area contributed by atoms with Crippen LogP contribution in [0.1, 0.15) is 0 Å². The molecule has 0 fully saturated rings. The van der Waals surface area contributed by atoms with Crippen molar-refractivity contribution in [2.24, 2.45) is 0 Å². The smallest absolute Gasteiger partial charge is 0.0399 e. The van der Waals surface area contributed by atoms with Crippen LogP contribution in [-0.4, -0.2) is 0 Å². The van der Waals surface area contributed by atoms with Gasteiger partial charge >= 0.3 is 0 Å². The fourth-order valence-corrected chi connectivity index (χ4v) is 0.819. The number of nitrogen functional groups attached to an aromatic ring is 1. The number of anilines is 1. The van der Waals surface area contributed by atoms with E-state index in [2.05, 4.69) is 6.07 Å². The summed E-state index contributed by atoms with van der Waals surface area (Å²) in [6.45, 7) is 0. The van der Waals surface area contributed by atoms with Crippen molar-refractivity contribution in [3.05, 3.63) is 28.6 Å². The molecule has 2 aliphatic rings. The molecule has 0 heterocycles. The molecule has 0 aliphatic heterocycles. The van der Waals surface area contributed by atoms with Crippen LogP contribution < -0.4 is 5.73 Å². The van der Waals surface area contributed by atoms with Gasteiger partial charge in [-0.3, -0.25) is 0 Å². The second kappa shape index (κ2) is 0.668. The summed E-state index contributed by atoms with van der Waals surface area (Å²) < 4.78 is 0. The molecule has 0 atom stereocenters. The number of hydrogen-bond acceptors (Lipinski definition) is 1. The average Bonchev–Trinajstić information content (AvgIpc) is 1.59. The Balaban J connectivity index is 3.02. The zero-order valence-electron chi connectivity index (χ0n) is 3.81. The summed E-state index contributed by atoms with van der Waals surface area (Å²) in [7, 11) is 0. The van der Waals surface area contributed by atoms with Gasteiger partial charge in [0.25, 0.3) is 0 Å². The summed E-state index contributed by atoms with van der Waals surface area (Å²) in [6.07, 6.45) is 0. The molecule has 2 N–H and O–H groups in total. The van der Waals surface area contributed by atoms with Crippen molar-refractivity contribution in [1.29, 1.82) is 0 Å². The van der Waals surface area contributed by atoms with Gasteiger partial charge in [-0.2, -0.15) is 0 Å². The van der Waals surface area contributed by atoms with Crippen LogP contribution in [0.5, 0.6) is 0 Å². The third kappa shape index (κ3) is 0.178. The van der Waals surface area contributed by atoms with E-state index >= 15 is 0 Å². The van der Waals surface area contributed by atoms with Crippen molar-refractivity contribution in [1.82, 2.24) is 0 Å². The number of rotatable bonds is 0. The first kappa shape index (κ1) is 3.08. The molecule has 34 valence electrons. The minimum Gasteiger partial charge on any atom is -0.398 e. The van der Waals surface area contributed by atoms with Gasteiger partial charge in [0.1, 0.15) is 0 Å². The molecule has 0 aromatic rings. The zero-order chi connectivity index (χ0) is 4.85. The Kier molecular flexibility index (Phi) is 0.294. The normalized spacial score (nSPS) is 11.4. The molecule has 0 bridgehead atoms. The standard InChI is InChI=1S/C6H5N/c7-6-3-4-1-2-5(4)6/h1-3H,7H2. The zero-order valence-corrected chi connectivity index (χ0v) is 3.81. The predicted octanol–water partition coefficient (Wildman–Crippen LogP) is 0.869. The number of benzene rings is 1. The molecule has 0 unspecified atom stereocenters. The Morgan fingerprint density at radius 2 is 2.14 bits per heavy atom. The molecule has 0 saturated carbocycles. The highest BCUT2D eigenvalue weighted by atomic mass is 14.6. The summed E-state index contributed by atoms with van der Waals surface area (Å²) in [5, 5.41) is 2.57. The third-order valence-corrected chi connectivity index (χ3v) is 1.36. The molecule has 0 amide bonds. The average molecular weight is 91.1 g/mol. The molecule has 2 aliphatic carbocycles. The molecule has 0 saturated heterocycles. The van der Waals surface area contributed by atoms with Gasteiger partial charge in [-0.25, -0.2) is 0 Å². The van der Waals surface area contributed by atoms with Crippen LogP contribution in [0.4, 0.5) is 5.69 Å². The van der Waals surface area contributed by atoms with E-state index in [1.54, 1.807) is 0 Å². The lowest BCUT2D eigenvalue weighted by atomic mass is 10.1. The fourth-order valence-electron chi connectivity index (χ4n) is 0.819. The van der Waals surface area contributed by atoms with Crippen molar-refractivity contribution in [3.63, 3.8) is 0 Å². The highest BCUT2D eigenvalue weighted by Crippen LogP contribution is 2.16. The lowest BCUT2D eigenvalue weighted by molar-refractivity contribution is 1.38. The van der Waals surface area contributed by atoms with Crippen LogP contribution in [0.2, 0.25) is 0 Å². The van der Waals surface area contributed by atoms with Crippen LogP contribution in [0, 0.1) is 10.4 Å². The fraction of sp³-hybridized carbons (Fsp3) is 0. The first-order valence-corrected chi connectivity index (χ1v) is 2.28. The number of hydrogen-bond donors (Lipinski definition) is 1. The predicted molar refractivity (Wildman–Crippen MR) is 28.5 cm³/mol. The summed E-state index contributed by atoms with van der Waals surface area (Å²) in [5.41, 5.74) is 6.36. The molecule has 7 heavy (non-hydrogen) atoms. The minimum absolute atomic E-state index is 0.942. The Bertz CT molecular complexity index is 288. The Morgan fingerprint density at radius 1 is 1.29 bits per heavy atom. The first-order chi connectivity index (χ1) is 3.38. The lowest BCUT2D eigenvalue weighted by Crippen LogP contribution is -1.95. The quantitative estimate of drug-likeness (QED) is 0.478. The number of nitrogens with two attached hydrogens (primary N) is 1. The van der Waals surface area contributed by atoms with Crippen LogP contribution in [0.25, 0.3) is 0 Å². The van der Waals surface area contributed by atoms with E-state index in [0.717, 1.165) is 5.69 Å². The van der Waals surface area contributed by atoms with Crippen LogP contribution in [0.15, 0.2) is 18.2 Å².